The van der Waals surface area contributed by atoms with Gasteiger partial charge in [-0.15, -0.1) is 0 Å². The van der Waals surface area contributed by atoms with E-state index in [9.17, 15) is 0 Å². The monoisotopic (exact) mass is 202 g/mol. The molecule has 0 unspecified atom stereocenters. The van der Waals surface area contributed by atoms with Crippen molar-refractivity contribution < 1.29 is 0 Å². The van der Waals surface area contributed by atoms with Crippen LogP contribution in [0.4, 0.5) is 5.82 Å². The van der Waals surface area contributed by atoms with Gasteiger partial charge in [-0.05, 0) is 0 Å². The van der Waals surface area contributed by atoms with E-state index in [4.69, 9.17) is 5.73 Å². The molecule has 0 bridgehead atoms. The van der Waals surface area contributed by atoms with Crippen LogP contribution in [0.5, 0.6) is 0 Å². The Morgan fingerprint density at radius 2 is 2.20 bits per heavy atom. The molecule has 3 aromatic rings. The second kappa shape index (κ2) is 2.74. The smallest absolute Gasteiger partial charge is 0.183 e. The van der Waals surface area contributed by atoms with Gasteiger partial charge in [-0.25, -0.2) is 15.0 Å². The maximum Gasteiger partial charge on any atom is 0.183 e. The van der Waals surface area contributed by atoms with Crippen LogP contribution in [-0.2, 0) is 0 Å². The van der Waals surface area contributed by atoms with Gasteiger partial charge in [0.15, 0.2) is 17.3 Å². The van der Waals surface area contributed by atoms with Crippen molar-refractivity contribution in [2.75, 3.05) is 5.73 Å². The third kappa shape index (κ3) is 1.11. The van der Waals surface area contributed by atoms with Crippen LogP contribution in [0.15, 0.2) is 12.5 Å². The van der Waals surface area contributed by atoms with Gasteiger partial charge in [0.1, 0.15) is 17.5 Å². The quantitative estimate of drug-likeness (QED) is 0.498. The second-order valence-electron chi connectivity index (χ2n) is 2.90. The van der Waals surface area contributed by atoms with Crippen LogP contribution in [0.2, 0.25) is 0 Å². The van der Waals surface area contributed by atoms with E-state index in [1.165, 1.54) is 6.33 Å². The summed E-state index contributed by atoms with van der Waals surface area (Å²) in [5.41, 5.74) is 7.38. The molecule has 0 fully saturated rings. The van der Waals surface area contributed by atoms with Crippen LogP contribution in [0, 0.1) is 0 Å². The van der Waals surface area contributed by atoms with Gasteiger partial charge in [0.2, 0.25) is 0 Å². The lowest BCUT2D eigenvalue weighted by Crippen LogP contribution is -1.91. The Kier molecular flexibility index (Phi) is 1.43. The van der Waals surface area contributed by atoms with E-state index < -0.39 is 0 Å². The van der Waals surface area contributed by atoms with Crippen molar-refractivity contribution >= 4 is 17.0 Å². The highest BCUT2D eigenvalue weighted by atomic mass is 15.3. The number of fused-ring (bicyclic) bond motifs is 1. The van der Waals surface area contributed by atoms with Crippen molar-refractivity contribution in [1.29, 1.82) is 0 Å². The van der Waals surface area contributed by atoms with Crippen molar-refractivity contribution in [1.82, 2.24) is 35.3 Å². The highest BCUT2D eigenvalue weighted by Crippen LogP contribution is 2.18. The molecular weight excluding hydrogens is 196 g/mol. The minimum atomic E-state index is 0.363. The minimum Gasteiger partial charge on any atom is -0.382 e. The van der Waals surface area contributed by atoms with Gasteiger partial charge in [-0.1, -0.05) is 0 Å². The zero-order chi connectivity index (χ0) is 10.3. The first-order chi connectivity index (χ1) is 7.34. The molecule has 8 nitrogen and oxygen atoms in total. The minimum absolute atomic E-state index is 0.363. The third-order valence-corrected chi connectivity index (χ3v) is 1.98. The maximum absolute atomic E-state index is 5.66. The summed E-state index contributed by atoms with van der Waals surface area (Å²) in [6.45, 7) is 0. The van der Waals surface area contributed by atoms with E-state index in [1.54, 1.807) is 6.20 Å². The lowest BCUT2D eigenvalue weighted by Gasteiger charge is -1.89. The first kappa shape index (κ1) is 7.85. The molecule has 0 saturated heterocycles. The summed E-state index contributed by atoms with van der Waals surface area (Å²) in [5.74, 6) is 0.924. The molecule has 3 heterocycles. The predicted molar refractivity (Wildman–Crippen MR) is 51.5 cm³/mol. The third-order valence-electron chi connectivity index (χ3n) is 1.98. The number of anilines is 1. The fourth-order valence-electron chi connectivity index (χ4n) is 1.28. The highest BCUT2D eigenvalue weighted by molar-refractivity contribution is 5.83. The van der Waals surface area contributed by atoms with Crippen LogP contribution in [-0.4, -0.2) is 35.3 Å². The lowest BCUT2D eigenvalue weighted by atomic mass is 10.5. The van der Waals surface area contributed by atoms with Crippen molar-refractivity contribution in [3.63, 3.8) is 0 Å². The number of H-pyrrole nitrogens is 2. The Balaban J connectivity index is 2.27. The Hall–Kier alpha value is -2.51. The van der Waals surface area contributed by atoms with Crippen molar-refractivity contribution in [3.8, 4) is 11.5 Å². The summed E-state index contributed by atoms with van der Waals surface area (Å²) in [6.07, 6.45) is 2.92. The molecule has 0 aliphatic rings. The predicted octanol–water partition coefficient (Wildman–Crippen LogP) is -0.280. The molecule has 0 saturated carbocycles. The Bertz CT molecular complexity index is 595. The number of hydrogen-bond donors (Lipinski definition) is 3. The van der Waals surface area contributed by atoms with Crippen LogP contribution < -0.4 is 5.73 Å². The van der Waals surface area contributed by atoms with Crippen LogP contribution in [0.3, 0.4) is 0 Å². The molecule has 0 aliphatic carbocycles. The summed E-state index contributed by atoms with van der Waals surface area (Å²) in [6, 6.07) is 0. The molecule has 4 N–H and O–H groups in total. The summed E-state index contributed by atoms with van der Waals surface area (Å²) in [7, 11) is 0. The zero-order valence-electron chi connectivity index (χ0n) is 7.47. The van der Waals surface area contributed by atoms with Gasteiger partial charge in [-0.3, -0.25) is 0 Å². The van der Waals surface area contributed by atoms with Gasteiger partial charge in [0.25, 0.3) is 0 Å². The first-order valence-corrected chi connectivity index (χ1v) is 4.17. The maximum atomic E-state index is 5.66. The Labute approximate surface area is 83.0 Å². The number of rotatable bonds is 1. The SMILES string of the molecule is Nc1ncnc2nc(-c3cn[nH]n3)[nH]c12. The number of imidazole rings is 1. The van der Waals surface area contributed by atoms with Gasteiger partial charge in [0.05, 0.1) is 6.20 Å². The number of nitrogens with one attached hydrogen (secondary N) is 2. The molecule has 0 atom stereocenters. The fraction of sp³-hybridized carbons (Fsp3) is 0. The summed E-state index contributed by atoms with van der Waals surface area (Å²) < 4.78 is 0. The Morgan fingerprint density at radius 1 is 1.27 bits per heavy atom. The largest absolute Gasteiger partial charge is 0.382 e. The van der Waals surface area contributed by atoms with Crippen LogP contribution in [0.1, 0.15) is 0 Å². The molecule has 3 aromatic heterocycles. The number of hydrogen-bond acceptors (Lipinski definition) is 6. The van der Waals surface area contributed by atoms with Crippen molar-refractivity contribution in [2.45, 2.75) is 0 Å². The molecule has 0 spiro atoms. The van der Waals surface area contributed by atoms with Crippen LogP contribution in [0.25, 0.3) is 22.7 Å². The van der Waals surface area contributed by atoms with E-state index in [0.29, 0.717) is 28.5 Å². The number of nitrogen functional groups attached to an aromatic ring is 1. The van der Waals surface area contributed by atoms with E-state index in [2.05, 4.69) is 35.3 Å². The zero-order valence-corrected chi connectivity index (χ0v) is 7.47. The second-order valence-corrected chi connectivity index (χ2v) is 2.90. The summed E-state index contributed by atoms with van der Waals surface area (Å²) in [5, 5.41) is 10.1. The molecule has 0 aromatic carbocycles. The van der Waals surface area contributed by atoms with E-state index in [-0.39, 0.29) is 0 Å². The lowest BCUT2D eigenvalue weighted by molar-refractivity contribution is 0.940. The topological polar surface area (TPSA) is 122 Å². The van der Waals surface area contributed by atoms with Gasteiger partial charge < -0.3 is 10.7 Å². The van der Waals surface area contributed by atoms with Crippen LogP contribution >= 0.6 is 0 Å². The Morgan fingerprint density at radius 3 is 2.93 bits per heavy atom. The molecule has 15 heavy (non-hydrogen) atoms. The average Bonchev–Trinajstić information content (AvgIpc) is 2.86. The molecule has 0 aliphatic heterocycles. The molecule has 8 heteroatoms. The first-order valence-electron chi connectivity index (χ1n) is 4.17. The number of nitrogens with two attached hydrogens (primary N) is 1. The summed E-state index contributed by atoms with van der Waals surface area (Å²) >= 11 is 0. The molecule has 3 rings (SSSR count). The molecular formula is C7H6N8. The van der Waals surface area contributed by atoms with Gasteiger partial charge >= 0.3 is 0 Å². The number of aromatic amines is 2. The highest BCUT2D eigenvalue weighted by Gasteiger charge is 2.10. The molecule has 0 radical (unpaired) electrons. The van der Waals surface area contributed by atoms with E-state index in [1.807, 2.05) is 0 Å². The van der Waals surface area contributed by atoms with Gasteiger partial charge in [-0.2, -0.15) is 15.4 Å². The molecule has 0 amide bonds. The van der Waals surface area contributed by atoms with Gasteiger partial charge in [0, 0.05) is 0 Å². The summed E-state index contributed by atoms with van der Waals surface area (Å²) in [4.78, 5) is 15.0. The standard InChI is InChI=1S/C7H6N8/c8-5-4-7(10-2-9-5)13-6(12-4)3-1-11-15-14-3/h1-2H,(H,11,14,15)(H3,8,9,10,12,13). The van der Waals surface area contributed by atoms with E-state index >= 15 is 0 Å². The van der Waals surface area contributed by atoms with Crippen molar-refractivity contribution in [2.24, 2.45) is 0 Å². The normalized spacial score (nSPS) is 10.9. The number of aromatic nitrogens is 7. The van der Waals surface area contributed by atoms with Crippen molar-refractivity contribution in [3.05, 3.63) is 12.5 Å². The molecule has 74 valence electrons. The van der Waals surface area contributed by atoms with E-state index in [0.717, 1.165) is 0 Å². The fourth-order valence-corrected chi connectivity index (χ4v) is 1.28. The average molecular weight is 202 g/mol. The number of nitrogens with zero attached hydrogens (tertiary/aromatic N) is 5.